The van der Waals surface area contributed by atoms with Crippen molar-refractivity contribution in [3.05, 3.63) is 113 Å². The molecular formula is C26H27N3O3. The molecule has 0 radical (unpaired) electrons. The first-order chi connectivity index (χ1) is 15.3. The lowest BCUT2D eigenvalue weighted by atomic mass is 9.97. The second-order valence-electron chi connectivity index (χ2n) is 6.95. The van der Waals surface area contributed by atoms with Crippen molar-refractivity contribution in [1.82, 2.24) is 14.6 Å². The van der Waals surface area contributed by atoms with Crippen molar-refractivity contribution in [2.24, 2.45) is 0 Å². The van der Waals surface area contributed by atoms with Gasteiger partial charge in [-0.15, -0.1) is 13.2 Å². The van der Waals surface area contributed by atoms with Gasteiger partial charge >= 0.3 is 5.97 Å². The molecule has 0 unspecified atom stereocenters. The highest BCUT2D eigenvalue weighted by atomic mass is 16.4. The summed E-state index contributed by atoms with van der Waals surface area (Å²) in [5, 5.41) is 12.4. The van der Waals surface area contributed by atoms with Gasteiger partial charge in [0.15, 0.2) is 5.65 Å². The first kappa shape index (κ1) is 24.1. The molecule has 0 bridgehead atoms. The molecule has 0 amide bonds. The molecule has 0 spiro atoms. The summed E-state index contributed by atoms with van der Waals surface area (Å²) in [5.41, 5.74) is 5.40. The van der Waals surface area contributed by atoms with E-state index >= 15 is 0 Å². The summed E-state index contributed by atoms with van der Waals surface area (Å²) in [7, 11) is 0. The van der Waals surface area contributed by atoms with E-state index in [1.54, 1.807) is 18.2 Å². The number of aryl methyl sites for hydroxylation is 1. The van der Waals surface area contributed by atoms with Crippen molar-refractivity contribution in [2.45, 2.75) is 20.8 Å². The van der Waals surface area contributed by atoms with Crippen LogP contribution in [0.2, 0.25) is 0 Å². The number of rotatable bonds is 6. The number of allylic oxidation sites excluding steroid dienone is 6. The van der Waals surface area contributed by atoms with Gasteiger partial charge in [-0.2, -0.15) is 0 Å². The zero-order chi connectivity index (χ0) is 24.0. The van der Waals surface area contributed by atoms with E-state index in [0.717, 1.165) is 28.0 Å². The predicted octanol–water partition coefficient (Wildman–Crippen LogP) is 5.59. The van der Waals surface area contributed by atoms with E-state index in [2.05, 4.69) is 36.4 Å². The van der Waals surface area contributed by atoms with Crippen LogP contribution in [0.5, 0.6) is 0 Å². The largest absolute Gasteiger partial charge is 0.478 e. The van der Waals surface area contributed by atoms with Gasteiger partial charge in [0.2, 0.25) is 0 Å². The molecule has 164 valence electrons. The van der Waals surface area contributed by atoms with Gasteiger partial charge in [0.1, 0.15) is 0 Å². The average molecular weight is 430 g/mol. The lowest BCUT2D eigenvalue weighted by molar-refractivity contribution is 0.0697. The van der Waals surface area contributed by atoms with Gasteiger partial charge in [0.25, 0.3) is 5.56 Å². The van der Waals surface area contributed by atoms with Gasteiger partial charge in [0, 0.05) is 22.8 Å². The molecule has 32 heavy (non-hydrogen) atoms. The second kappa shape index (κ2) is 10.2. The van der Waals surface area contributed by atoms with E-state index in [4.69, 9.17) is 0 Å². The van der Waals surface area contributed by atoms with Crippen LogP contribution >= 0.6 is 0 Å². The van der Waals surface area contributed by atoms with Gasteiger partial charge in [-0.25, -0.2) is 14.3 Å². The summed E-state index contributed by atoms with van der Waals surface area (Å²) in [6, 6.07) is 7.76. The number of carboxylic acid groups (broad SMARTS) is 1. The highest BCUT2D eigenvalue weighted by Gasteiger charge is 2.17. The SMILES string of the molecule is C=C.C=C/C(C(=C)C)=C(/C=C\C)c1[nH]n2c(=O)cc(-c3cccc(C(=O)O)c3)nc2c1C. The Morgan fingerprint density at radius 1 is 1.25 bits per heavy atom. The predicted molar refractivity (Wildman–Crippen MR) is 131 cm³/mol. The molecule has 3 rings (SSSR count). The Labute approximate surface area is 187 Å². The Balaban J connectivity index is 0.00000176. The molecule has 1 aromatic carbocycles. The van der Waals surface area contributed by atoms with E-state index < -0.39 is 5.97 Å². The van der Waals surface area contributed by atoms with E-state index in [1.165, 1.54) is 22.7 Å². The molecule has 0 atom stereocenters. The van der Waals surface area contributed by atoms with Crippen LogP contribution in [0.3, 0.4) is 0 Å². The van der Waals surface area contributed by atoms with Gasteiger partial charge in [-0.3, -0.25) is 9.89 Å². The van der Waals surface area contributed by atoms with Crippen molar-refractivity contribution >= 4 is 17.2 Å². The Kier molecular flexibility index (Phi) is 7.69. The zero-order valence-corrected chi connectivity index (χ0v) is 18.6. The molecule has 0 fully saturated rings. The van der Waals surface area contributed by atoms with Gasteiger partial charge in [-0.05, 0) is 38.5 Å². The highest BCUT2D eigenvalue weighted by molar-refractivity contribution is 5.89. The molecular weight excluding hydrogens is 402 g/mol. The lowest BCUT2D eigenvalue weighted by Crippen LogP contribution is -2.14. The van der Waals surface area contributed by atoms with Crippen LogP contribution in [-0.4, -0.2) is 25.7 Å². The minimum absolute atomic E-state index is 0.136. The fourth-order valence-corrected chi connectivity index (χ4v) is 3.36. The molecule has 0 saturated carbocycles. The number of nitrogens with one attached hydrogen (secondary N) is 1. The summed E-state index contributed by atoms with van der Waals surface area (Å²) in [5.74, 6) is -1.03. The third kappa shape index (κ3) is 4.59. The number of benzene rings is 1. The van der Waals surface area contributed by atoms with Crippen LogP contribution in [0.1, 0.15) is 35.5 Å². The number of H-pyrrole nitrogens is 1. The van der Waals surface area contributed by atoms with E-state index in [0.29, 0.717) is 16.9 Å². The molecule has 3 aromatic rings. The minimum atomic E-state index is -1.03. The number of aromatic amines is 1. The van der Waals surface area contributed by atoms with Gasteiger partial charge < -0.3 is 5.11 Å². The van der Waals surface area contributed by atoms with Crippen LogP contribution in [0.15, 0.2) is 90.8 Å². The Morgan fingerprint density at radius 3 is 2.50 bits per heavy atom. The van der Waals surface area contributed by atoms with Crippen molar-refractivity contribution in [3.8, 4) is 11.3 Å². The van der Waals surface area contributed by atoms with Crippen LogP contribution in [-0.2, 0) is 0 Å². The van der Waals surface area contributed by atoms with E-state index in [1.807, 2.05) is 32.9 Å². The summed E-state index contributed by atoms with van der Waals surface area (Å²) in [6.07, 6.45) is 5.58. The van der Waals surface area contributed by atoms with Crippen LogP contribution in [0.25, 0.3) is 22.5 Å². The normalized spacial score (nSPS) is 11.6. The quantitative estimate of drug-likeness (QED) is 0.395. The smallest absolute Gasteiger partial charge is 0.335 e. The van der Waals surface area contributed by atoms with Crippen LogP contribution < -0.4 is 5.56 Å². The second-order valence-corrected chi connectivity index (χ2v) is 6.95. The third-order valence-corrected chi connectivity index (χ3v) is 4.81. The summed E-state index contributed by atoms with van der Waals surface area (Å²) in [4.78, 5) is 28.7. The van der Waals surface area contributed by atoms with Gasteiger partial charge in [-0.1, -0.05) is 49.1 Å². The number of fused-ring (bicyclic) bond motifs is 1. The van der Waals surface area contributed by atoms with Crippen molar-refractivity contribution in [2.75, 3.05) is 0 Å². The number of hydrogen-bond acceptors (Lipinski definition) is 3. The van der Waals surface area contributed by atoms with Gasteiger partial charge in [0.05, 0.1) is 17.0 Å². The summed E-state index contributed by atoms with van der Waals surface area (Å²) in [6.45, 7) is 19.6. The Morgan fingerprint density at radius 2 is 1.94 bits per heavy atom. The zero-order valence-electron chi connectivity index (χ0n) is 18.6. The first-order valence-electron chi connectivity index (χ1n) is 9.90. The molecule has 6 nitrogen and oxygen atoms in total. The Bertz CT molecular complexity index is 1320. The molecule has 0 aliphatic rings. The number of nitrogens with zero attached hydrogens (tertiary/aromatic N) is 2. The number of aromatic carboxylic acids is 1. The van der Waals surface area contributed by atoms with E-state index in [9.17, 15) is 14.7 Å². The number of hydrogen-bond donors (Lipinski definition) is 2. The van der Waals surface area contributed by atoms with Crippen molar-refractivity contribution in [3.63, 3.8) is 0 Å². The molecule has 2 aromatic heterocycles. The highest BCUT2D eigenvalue weighted by Crippen LogP contribution is 2.29. The van der Waals surface area contributed by atoms with Crippen LogP contribution in [0.4, 0.5) is 0 Å². The maximum Gasteiger partial charge on any atom is 0.335 e. The number of carboxylic acids is 1. The monoisotopic (exact) mass is 429 g/mol. The molecule has 2 heterocycles. The van der Waals surface area contributed by atoms with E-state index in [-0.39, 0.29) is 11.1 Å². The topological polar surface area (TPSA) is 87.5 Å². The molecule has 6 heteroatoms. The number of carbonyl (C=O) groups is 1. The van der Waals surface area contributed by atoms with Crippen molar-refractivity contribution < 1.29 is 9.90 Å². The molecule has 0 aliphatic heterocycles. The fourth-order valence-electron chi connectivity index (χ4n) is 3.36. The molecule has 2 N–H and O–H groups in total. The standard InChI is InChI=1S/C24H23N3O3.C2H4/c1-6-9-19(18(7-2)14(3)4)22-15(5)23-25-20(13-21(28)27(23)26-22)16-10-8-11-17(12-16)24(29)30;1-2/h6-13,26H,2-3H2,1,4-5H3,(H,29,30);1-2H2/b9-6-,19-18+;. The Hall–Kier alpha value is -4.19. The first-order valence-corrected chi connectivity index (χ1v) is 9.90. The van der Waals surface area contributed by atoms with Crippen LogP contribution in [0, 0.1) is 6.92 Å². The average Bonchev–Trinajstić information content (AvgIpc) is 3.12. The fraction of sp³-hybridized carbons (Fsp3) is 0.115. The maximum absolute atomic E-state index is 12.8. The number of aromatic nitrogens is 3. The third-order valence-electron chi connectivity index (χ3n) is 4.81. The van der Waals surface area contributed by atoms with Crippen molar-refractivity contribution in [1.29, 1.82) is 0 Å². The minimum Gasteiger partial charge on any atom is -0.478 e. The molecule has 0 saturated heterocycles. The maximum atomic E-state index is 12.8. The molecule has 0 aliphatic carbocycles. The summed E-state index contributed by atoms with van der Waals surface area (Å²) >= 11 is 0. The lowest BCUT2D eigenvalue weighted by Gasteiger charge is -2.08. The summed E-state index contributed by atoms with van der Waals surface area (Å²) < 4.78 is 1.39.